The summed E-state index contributed by atoms with van der Waals surface area (Å²) in [6, 6.07) is 5.69. The van der Waals surface area contributed by atoms with E-state index in [0.29, 0.717) is 49.3 Å². The van der Waals surface area contributed by atoms with Gasteiger partial charge in [0.2, 0.25) is 0 Å². The summed E-state index contributed by atoms with van der Waals surface area (Å²) in [5, 5.41) is 5.38. The molecule has 1 N–H and O–H groups in total. The second kappa shape index (κ2) is 12.4. The first-order valence-corrected chi connectivity index (χ1v) is 13.4. The lowest BCUT2D eigenvalue weighted by atomic mass is 10.1. The molecule has 35 heavy (non-hydrogen) atoms. The zero-order chi connectivity index (χ0) is 25.7. The number of esters is 1. The van der Waals surface area contributed by atoms with E-state index in [1.807, 2.05) is 32.0 Å². The number of halogens is 2. The predicted octanol–water partition coefficient (Wildman–Crippen LogP) is 5.15. The van der Waals surface area contributed by atoms with E-state index < -0.39 is 5.97 Å². The molecule has 11 heteroatoms. The van der Waals surface area contributed by atoms with Gasteiger partial charge < -0.3 is 19.9 Å². The molecular weight excluding hydrogens is 527 g/mol. The van der Waals surface area contributed by atoms with Crippen LogP contribution >= 0.6 is 46.8 Å². The Bertz CT molecular complexity index is 1100. The van der Waals surface area contributed by atoms with E-state index in [1.54, 1.807) is 11.8 Å². The Morgan fingerprint density at radius 1 is 1.14 bits per heavy atom. The number of nitrogens with zero attached hydrogens (tertiary/aromatic N) is 3. The fourth-order valence-electron chi connectivity index (χ4n) is 3.99. The van der Waals surface area contributed by atoms with Crippen molar-refractivity contribution in [3.8, 4) is 0 Å². The number of benzene rings is 1. The highest BCUT2D eigenvalue weighted by atomic mass is 35.5. The molecule has 0 unspecified atom stereocenters. The van der Waals surface area contributed by atoms with Crippen molar-refractivity contribution >= 4 is 68.7 Å². The van der Waals surface area contributed by atoms with Gasteiger partial charge in [-0.15, -0.1) is 11.3 Å². The number of carbonyl (C=O) groups is 2. The molecule has 1 aromatic carbocycles. The number of nitrogens with one attached hydrogen (secondary N) is 1. The first-order chi connectivity index (χ1) is 16.7. The van der Waals surface area contributed by atoms with Crippen LogP contribution in [0.1, 0.15) is 45.0 Å². The van der Waals surface area contributed by atoms with Gasteiger partial charge in [-0.3, -0.25) is 9.69 Å². The molecule has 1 aliphatic rings. The second-order valence-corrected chi connectivity index (χ2v) is 10.4. The van der Waals surface area contributed by atoms with Crippen molar-refractivity contribution < 1.29 is 14.3 Å². The van der Waals surface area contributed by atoms with Crippen LogP contribution in [0, 0.1) is 6.92 Å². The average Bonchev–Trinajstić information content (AvgIpc) is 3.17. The Labute approximate surface area is 225 Å². The fraction of sp³-hybridized carbons (Fsp3) is 0.458. The van der Waals surface area contributed by atoms with Crippen LogP contribution in [0.25, 0.3) is 0 Å². The zero-order valence-corrected chi connectivity index (χ0v) is 23.5. The van der Waals surface area contributed by atoms with Gasteiger partial charge in [0, 0.05) is 45.8 Å². The standard InChI is InChI=1S/C24H30Cl2N4O3S2/c1-5-29(6-2)22(31)20-15(3)19(23(32)33-4)21(35-20)27-24(34)30-11-9-28(10-12-30)14-16-7-8-17(25)18(26)13-16/h7-8,13H,5-6,9-12,14H2,1-4H3,(H,27,34). The van der Waals surface area contributed by atoms with Gasteiger partial charge in [-0.1, -0.05) is 29.3 Å². The number of ether oxygens (including phenoxy) is 1. The minimum Gasteiger partial charge on any atom is -0.465 e. The first-order valence-electron chi connectivity index (χ1n) is 11.4. The number of hydrogen-bond donors (Lipinski definition) is 1. The number of thiophene rings is 1. The van der Waals surface area contributed by atoms with Crippen LogP contribution in [0.5, 0.6) is 0 Å². The average molecular weight is 558 g/mol. The van der Waals surface area contributed by atoms with Crippen LogP contribution in [0.15, 0.2) is 18.2 Å². The second-order valence-electron chi connectivity index (χ2n) is 8.17. The van der Waals surface area contributed by atoms with Gasteiger partial charge in [-0.05, 0) is 56.2 Å². The fourth-order valence-corrected chi connectivity index (χ4v) is 5.82. The molecule has 2 heterocycles. The Morgan fingerprint density at radius 2 is 1.80 bits per heavy atom. The Balaban J connectivity index is 1.69. The van der Waals surface area contributed by atoms with Gasteiger partial charge in [0.1, 0.15) is 5.00 Å². The molecule has 1 amide bonds. The normalized spacial score (nSPS) is 14.1. The van der Waals surface area contributed by atoms with Gasteiger partial charge in [-0.2, -0.15) is 0 Å². The van der Waals surface area contributed by atoms with Gasteiger partial charge in [-0.25, -0.2) is 4.79 Å². The maximum absolute atomic E-state index is 13.0. The zero-order valence-electron chi connectivity index (χ0n) is 20.3. The molecule has 0 radical (unpaired) electrons. The number of hydrogen-bond acceptors (Lipinski definition) is 6. The molecule has 0 spiro atoms. The number of rotatable bonds is 7. The topological polar surface area (TPSA) is 65.1 Å². The lowest BCUT2D eigenvalue weighted by molar-refractivity contribution is 0.0601. The third-order valence-corrected chi connectivity index (χ3v) is 8.35. The molecule has 0 aliphatic carbocycles. The summed E-state index contributed by atoms with van der Waals surface area (Å²) >= 11 is 19.1. The summed E-state index contributed by atoms with van der Waals surface area (Å²) in [6.45, 7) is 10.7. The summed E-state index contributed by atoms with van der Waals surface area (Å²) in [5.41, 5.74) is 2.07. The van der Waals surface area contributed by atoms with E-state index in [4.69, 9.17) is 40.2 Å². The van der Waals surface area contributed by atoms with Gasteiger partial charge in [0.25, 0.3) is 5.91 Å². The molecule has 3 rings (SSSR count). The van der Waals surface area contributed by atoms with Crippen molar-refractivity contribution in [2.45, 2.75) is 27.3 Å². The minimum atomic E-state index is -0.492. The number of methoxy groups -OCH3 is 1. The van der Waals surface area contributed by atoms with Crippen LogP contribution in [0.3, 0.4) is 0 Å². The summed E-state index contributed by atoms with van der Waals surface area (Å²) in [4.78, 5) is 32.2. The largest absolute Gasteiger partial charge is 0.465 e. The van der Waals surface area contributed by atoms with E-state index in [0.717, 1.165) is 38.3 Å². The first kappa shape index (κ1) is 27.7. The van der Waals surface area contributed by atoms with Crippen LogP contribution < -0.4 is 5.32 Å². The molecule has 0 saturated carbocycles. The third kappa shape index (κ3) is 6.46. The van der Waals surface area contributed by atoms with E-state index in [2.05, 4.69) is 15.1 Å². The summed E-state index contributed by atoms with van der Waals surface area (Å²) in [7, 11) is 1.33. The Morgan fingerprint density at radius 3 is 2.37 bits per heavy atom. The van der Waals surface area contributed by atoms with E-state index >= 15 is 0 Å². The van der Waals surface area contributed by atoms with E-state index in [-0.39, 0.29) is 5.91 Å². The van der Waals surface area contributed by atoms with Crippen LogP contribution in [-0.4, -0.2) is 78.1 Å². The highest BCUT2D eigenvalue weighted by molar-refractivity contribution is 7.80. The van der Waals surface area contributed by atoms with Crippen LogP contribution in [0.2, 0.25) is 10.0 Å². The quantitative estimate of drug-likeness (QED) is 0.373. The molecule has 0 atom stereocenters. The van der Waals surface area contributed by atoms with Gasteiger partial charge in [0.05, 0.1) is 27.6 Å². The smallest absolute Gasteiger partial charge is 0.341 e. The van der Waals surface area contributed by atoms with Crippen LogP contribution in [0.4, 0.5) is 5.00 Å². The monoisotopic (exact) mass is 556 g/mol. The third-order valence-electron chi connectivity index (χ3n) is 6.05. The number of carbonyl (C=O) groups excluding carboxylic acids is 2. The number of thiocarbonyl (C=S) groups is 1. The van der Waals surface area contributed by atoms with Crippen molar-refractivity contribution in [2.75, 3.05) is 51.7 Å². The molecule has 7 nitrogen and oxygen atoms in total. The molecule has 1 aromatic heterocycles. The SMILES string of the molecule is CCN(CC)C(=O)c1sc(NC(=S)N2CCN(Cc3ccc(Cl)c(Cl)c3)CC2)c(C(=O)OC)c1C. The van der Waals surface area contributed by atoms with Crippen molar-refractivity contribution in [1.82, 2.24) is 14.7 Å². The Kier molecular flexibility index (Phi) is 9.77. The lowest BCUT2D eigenvalue weighted by Gasteiger charge is -2.36. The van der Waals surface area contributed by atoms with Crippen molar-refractivity contribution in [3.05, 3.63) is 49.8 Å². The van der Waals surface area contributed by atoms with E-state index in [1.165, 1.54) is 18.4 Å². The predicted molar refractivity (Wildman–Crippen MR) is 147 cm³/mol. The molecule has 1 aliphatic heterocycles. The Hall–Kier alpha value is -1.91. The highest BCUT2D eigenvalue weighted by Crippen LogP contribution is 2.35. The maximum atomic E-state index is 13.0. The lowest BCUT2D eigenvalue weighted by Crippen LogP contribution is -2.49. The molecule has 0 bridgehead atoms. The molecular formula is C24H30Cl2N4O3S2. The van der Waals surface area contributed by atoms with Gasteiger partial charge in [0.15, 0.2) is 5.11 Å². The summed E-state index contributed by atoms with van der Waals surface area (Å²) in [6.07, 6.45) is 0. The van der Waals surface area contributed by atoms with Crippen molar-refractivity contribution in [2.24, 2.45) is 0 Å². The number of piperazine rings is 1. The van der Waals surface area contributed by atoms with E-state index in [9.17, 15) is 9.59 Å². The number of anilines is 1. The number of amides is 1. The molecule has 1 fully saturated rings. The van der Waals surface area contributed by atoms with Crippen molar-refractivity contribution in [1.29, 1.82) is 0 Å². The minimum absolute atomic E-state index is 0.0995. The maximum Gasteiger partial charge on any atom is 0.341 e. The summed E-state index contributed by atoms with van der Waals surface area (Å²) in [5.74, 6) is -0.591. The van der Waals surface area contributed by atoms with Gasteiger partial charge >= 0.3 is 5.97 Å². The highest BCUT2D eigenvalue weighted by Gasteiger charge is 2.28. The molecule has 190 valence electrons. The van der Waals surface area contributed by atoms with Crippen LogP contribution in [-0.2, 0) is 11.3 Å². The van der Waals surface area contributed by atoms with Crippen molar-refractivity contribution in [3.63, 3.8) is 0 Å². The molecule has 2 aromatic rings. The summed E-state index contributed by atoms with van der Waals surface area (Å²) < 4.78 is 5.00. The molecule has 1 saturated heterocycles.